The molecular weight excluding hydrogens is 162 g/mol. The van der Waals surface area contributed by atoms with Gasteiger partial charge >= 0.3 is 0 Å². The molecule has 0 unspecified atom stereocenters. The van der Waals surface area contributed by atoms with E-state index in [4.69, 9.17) is 4.74 Å². The molecule has 1 aromatic carbocycles. The lowest BCUT2D eigenvalue weighted by molar-refractivity contribution is 0.413. The topological polar surface area (TPSA) is 21.3 Å². The van der Waals surface area contributed by atoms with E-state index in [1.54, 1.807) is 7.11 Å². The van der Waals surface area contributed by atoms with Gasteiger partial charge in [0.1, 0.15) is 5.75 Å². The summed E-state index contributed by atoms with van der Waals surface area (Å²) in [4.78, 5) is 0. The van der Waals surface area contributed by atoms with Gasteiger partial charge in [0.15, 0.2) is 0 Å². The first kappa shape index (κ1) is 9.81. The van der Waals surface area contributed by atoms with Crippen molar-refractivity contribution in [2.24, 2.45) is 0 Å². The summed E-state index contributed by atoms with van der Waals surface area (Å²) in [6, 6.07) is 7.89. The third-order valence-corrected chi connectivity index (χ3v) is 1.88. The van der Waals surface area contributed by atoms with Gasteiger partial charge in [0.2, 0.25) is 0 Å². The number of nitrogens with one attached hydrogen (secondary N) is 1. The highest BCUT2D eigenvalue weighted by Gasteiger charge is 2.03. The fourth-order valence-corrected chi connectivity index (χ4v) is 1.25. The average Bonchev–Trinajstić information content (AvgIpc) is 2.18. The number of para-hydroxylation sites is 1. The summed E-state index contributed by atoms with van der Waals surface area (Å²) in [5.41, 5.74) is 2.11. The summed E-state index contributed by atoms with van der Waals surface area (Å²) in [6.45, 7) is 4.76. The molecule has 0 atom stereocenters. The lowest BCUT2D eigenvalue weighted by Gasteiger charge is -2.09. The fraction of sp³-hybridized carbons (Fsp3) is 0.273. The van der Waals surface area contributed by atoms with Crippen LogP contribution >= 0.6 is 0 Å². The van der Waals surface area contributed by atoms with Gasteiger partial charge < -0.3 is 10.1 Å². The van der Waals surface area contributed by atoms with E-state index in [1.807, 2.05) is 31.3 Å². The zero-order valence-electron chi connectivity index (χ0n) is 8.13. The normalized spacial score (nSPS) is 9.69. The molecule has 0 aromatic heterocycles. The van der Waals surface area contributed by atoms with Crippen LogP contribution in [-0.2, 0) is 0 Å². The second-order valence-electron chi connectivity index (χ2n) is 2.83. The van der Waals surface area contributed by atoms with Gasteiger partial charge in [0.05, 0.1) is 7.11 Å². The molecule has 13 heavy (non-hydrogen) atoms. The number of methoxy groups -OCH3 is 1. The highest BCUT2D eigenvalue weighted by Crippen LogP contribution is 2.23. The summed E-state index contributed by atoms with van der Waals surface area (Å²) < 4.78 is 5.22. The summed E-state index contributed by atoms with van der Waals surface area (Å²) >= 11 is 0. The van der Waals surface area contributed by atoms with Crippen molar-refractivity contribution in [3.63, 3.8) is 0 Å². The summed E-state index contributed by atoms with van der Waals surface area (Å²) in [7, 11) is 3.58. The van der Waals surface area contributed by atoms with Crippen molar-refractivity contribution in [2.45, 2.75) is 0 Å². The summed E-state index contributed by atoms with van der Waals surface area (Å²) in [5, 5.41) is 3.06. The van der Waals surface area contributed by atoms with Crippen LogP contribution in [0, 0.1) is 0 Å². The van der Waals surface area contributed by atoms with Crippen molar-refractivity contribution in [3.05, 3.63) is 36.4 Å². The molecule has 0 bridgehead atoms. The van der Waals surface area contributed by atoms with Crippen molar-refractivity contribution in [2.75, 3.05) is 20.7 Å². The predicted molar refractivity (Wildman–Crippen MR) is 56.0 cm³/mol. The molecule has 2 nitrogen and oxygen atoms in total. The lowest BCUT2D eigenvalue weighted by atomic mass is 10.1. The van der Waals surface area contributed by atoms with E-state index < -0.39 is 0 Å². The molecule has 70 valence electrons. The van der Waals surface area contributed by atoms with Crippen molar-refractivity contribution in [1.82, 2.24) is 5.32 Å². The van der Waals surface area contributed by atoms with Gasteiger partial charge in [-0.1, -0.05) is 24.8 Å². The minimum Gasteiger partial charge on any atom is -0.496 e. The first-order valence-corrected chi connectivity index (χ1v) is 4.25. The molecule has 0 heterocycles. The summed E-state index contributed by atoms with van der Waals surface area (Å²) in [6.07, 6.45) is 0. The molecule has 2 heteroatoms. The molecule has 0 amide bonds. The Hall–Kier alpha value is -1.28. The molecule has 0 fully saturated rings. The second kappa shape index (κ2) is 4.67. The van der Waals surface area contributed by atoms with Gasteiger partial charge in [-0.15, -0.1) is 0 Å². The van der Waals surface area contributed by atoms with Crippen LogP contribution in [0.25, 0.3) is 5.57 Å². The Morgan fingerprint density at radius 2 is 2.15 bits per heavy atom. The monoisotopic (exact) mass is 177 g/mol. The van der Waals surface area contributed by atoms with Crippen LogP contribution in [0.15, 0.2) is 30.8 Å². The fourth-order valence-electron chi connectivity index (χ4n) is 1.25. The van der Waals surface area contributed by atoms with E-state index in [-0.39, 0.29) is 0 Å². The SMILES string of the molecule is C=C(CNC)c1ccccc1OC. The Balaban J connectivity index is 2.92. The van der Waals surface area contributed by atoms with Crippen molar-refractivity contribution < 1.29 is 4.74 Å². The van der Waals surface area contributed by atoms with Crippen LogP contribution in [0.5, 0.6) is 5.75 Å². The Labute approximate surface area is 79.2 Å². The maximum absolute atomic E-state index is 5.22. The molecule has 1 aromatic rings. The zero-order chi connectivity index (χ0) is 9.68. The molecule has 0 spiro atoms. The molecule has 0 radical (unpaired) electrons. The number of rotatable bonds is 4. The standard InChI is InChI=1S/C11H15NO/c1-9(8-12-2)10-6-4-5-7-11(10)13-3/h4-7,12H,1,8H2,2-3H3. The molecule has 1 rings (SSSR count). The van der Waals surface area contributed by atoms with E-state index in [0.29, 0.717) is 0 Å². The van der Waals surface area contributed by atoms with E-state index >= 15 is 0 Å². The highest BCUT2D eigenvalue weighted by atomic mass is 16.5. The zero-order valence-corrected chi connectivity index (χ0v) is 8.13. The van der Waals surface area contributed by atoms with Gasteiger partial charge in [-0.3, -0.25) is 0 Å². The van der Waals surface area contributed by atoms with Crippen LogP contribution in [-0.4, -0.2) is 20.7 Å². The van der Waals surface area contributed by atoms with Gasteiger partial charge in [-0.25, -0.2) is 0 Å². The van der Waals surface area contributed by atoms with Crippen molar-refractivity contribution in [3.8, 4) is 5.75 Å². The minimum absolute atomic E-state index is 0.778. The lowest BCUT2D eigenvalue weighted by Crippen LogP contribution is -2.09. The number of ether oxygens (including phenoxy) is 1. The third kappa shape index (κ3) is 2.33. The largest absolute Gasteiger partial charge is 0.496 e. The molecular formula is C11H15NO. The number of likely N-dealkylation sites (N-methyl/N-ethyl adjacent to an activating group) is 1. The first-order valence-electron chi connectivity index (χ1n) is 4.25. The van der Waals surface area contributed by atoms with Crippen LogP contribution < -0.4 is 10.1 Å². The Morgan fingerprint density at radius 3 is 2.77 bits per heavy atom. The number of hydrogen-bond acceptors (Lipinski definition) is 2. The van der Waals surface area contributed by atoms with E-state index in [1.165, 1.54) is 0 Å². The van der Waals surface area contributed by atoms with Gasteiger partial charge in [0.25, 0.3) is 0 Å². The van der Waals surface area contributed by atoms with Gasteiger partial charge in [-0.05, 0) is 18.7 Å². The maximum atomic E-state index is 5.22. The van der Waals surface area contributed by atoms with Crippen LogP contribution in [0.3, 0.4) is 0 Å². The molecule has 0 aliphatic rings. The van der Waals surface area contributed by atoms with E-state index in [2.05, 4.69) is 11.9 Å². The Kier molecular flexibility index (Phi) is 3.53. The van der Waals surface area contributed by atoms with Gasteiger partial charge in [0, 0.05) is 12.1 Å². The number of hydrogen-bond donors (Lipinski definition) is 1. The molecule has 0 saturated heterocycles. The maximum Gasteiger partial charge on any atom is 0.126 e. The Bertz CT molecular complexity index is 294. The second-order valence-corrected chi connectivity index (χ2v) is 2.83. The third-order valence-electron chi connectivity index (χ3n) is 1.88. The quantitative estimate of drug-likeness (QED) is 0.758. The minimum atomic E-state index is 0.778. The summed E-state index contributed by atoms with van der Waals surface area (Å²) in [5.74, 6) is 0.878. The molecule has 1 N–H and O–H groups in total. The van der Waals surface area contributed by atoms with Gasteiger partial charge in [-0.2, -0.15) is 0 Å². The Morgan fingerprint density at radius 1 is 1.46 bits per heavy atom. The first-order chi connectivity index (χ1) is 6.29. The molecule has 0 aliphatic heterocycles. The molecule has 0 aliphatic carbocycles. The molecule has 0 saturated carbocycles. The van der Waals surface area contributed by atoms with Crippen molar-refractivity contribution >= 4 is 5.57 Å². The van der Waals surface area contributed by atoms with E-state index in [9.17, 15) is 0 Å². The average molecular weight is 177 g/mol. The van der Waals surface area contributed by atoms with E-state index in [0.717, 1.165) is 23.4 Å². The smallest absolute Gasteiger partial charge is 0.126 e. The predicted octanol–water partition coefficient (Wildman–Crippen LogP) is 1.93. The highest BCUT2D eigenvalue weighted by molar-refractivity contribution is 5.69. The van der Waals surface area contributed by atoms with Crippen LogP contribution in [0.2, 0.25) is 0 Å². The van der Waals surface area contributed by atoms with Crippen molar-refractivity contribution in [1.29, 1.82) is 0 Å². The van der Waals surface area contributed by atoms with Crippen LogP contribution in [0.1, 0.15) is 5.56 Å². The number of benzene rings is 1. The van der Waals surface area contributed by atoms with Crippen LogP contribution in [0.4, 0.5) is 0 Å².